The fourth-order valence-corrected chi connectivity index (χ4v) is 13.3. The Morgan fingerprint density at radius 1 is 0.714 bits per heavy atom. The molecule has 1 unspecified atom stereocenters. The van der Waals surface area contributed by atoms with Gasteiger partial charge in [0.1, 0.15) is 0 Å². The van der Waals surface area contributed by atoms with Crippen molar-refractivity contribution in [1.82, 2.24) is 0 Å². The van der Waals surface area contributed by atoms with E-state index in [0.717, 1.165) is 25.2 Å². The van der Waals surface area contributed by atoms with Crippen LogP contribution in [-0.4, -0.2) is 16.9 Å². The molecule has 0 saturated heterocycles. The van der Waals surface area contributed by atoms with E-state index in [2.05, 4.69) is 109 Å². The number of hydrogen-bond donors (Lipinski definition) is 0. The summed E-state index contributed by atoms with van der Waals surface area (Å²) in [6.45, 7) is 2.31. The van der Waals surface area contributed by atoms with Gasteiger partial charge in [0.25, 0.3) is 0 Å². The Labute approximate surface area is 183 Å². The maximum Gasteiger partial charge on any atom is 0.0570 e. The van der Waals surface area contributed by atoms with Crippen molar-refractivity contribution >= 4 is 40.2 Å². The maximum atomic E-state index is 6.35. The molecule has 3 rings (SSSR count). The quantitative estimate of drug-likeness (QED) is 0.179. The van der Waals surface area contributed by atoms with E-state index in [9.17, 15) is 0 Å². The number of rotatable bonds is 10. The number of aryl methyl sites for hydroxylation is 2. The van der Waals surface area contributed by atoms with Crippen LogP contribution < -0.4 is 0 Å². The first-order chi connectivity index (χ1) is 13.6. The summed E-state index contributed by atoms with van der Waals surface area (Å²) in [5.74, 6) is 0. The monoisotopic (exact) mass is 442 g/mol. The molecule has 0 spiro atoms. The largest absolute Gasteiger partial charge is 0.112 e. The molecular formula is C24H27PS3. The van der Waals surface area contributed by atoms with E-state index in [4.69, 9.17) is 11.8 Å². The third-order valence-corrected chi connectivity index (χ3v) is 14.0. The first kappa shape index (κ1) is 21.7. The minimum atomic E-state index is -1.51. The Morgan fingerprint density at radius 3 is 1.61 bits per heavy atom. The number of thioether (sulfide) groups is 1. The Hall–Kier alpha value is -0.990. The molecule has 0 radical (unpaired) electrons. The predicted octanol–water partition coefficient (Wildman–Crippen LogP) is 7.74. The molecule has 28 heavy (non-hydrogen) atoms. The second kappa shape index (κ2) is 11.3. The minimum absolute atomic E-state index is 0.472. The van der Waals surface area contributed by atoms with E-state index in [-0.39, 0.29) is 0 Å². The van der Waals surface area contributed by atoms with Gasteiger partial charge in [-0.1, -0.05) is 90.7 Å². The van der Waals surface area contributed by atoms with Gasteiger partial charge in [0, 0.05) is 10.1 Å². The lowest BCUT2D eigenvalue weighted by molar-refractivity contribution is 1.11. The first-order valence-electron chi connectivity index (χ1n) is 9.69. The van der Waals surface area contributed by atoms with Crippen LogP contribution in [0.5, 0.6) is 0 Å². The van der Waals surface area contributed by atoms with Crippen LogP contribution in [-0.2, 0) is 24.6 Å². The van der Waals surface area contributed by atoms with Crippen molar-refractivity contribution in [3.05, 3.63) is 102 Å². The highest BCUT2D eigenvalue weighted by Crippen LogP contribution is 2.63. The topological polar surface area (TPSA) is 0 Å². The summed E-state index contributed by atoms with van der Waals surface area (Å²) in [5, 5.41) is -1.51. The maximum absolute atomic E-state index is 6.35. The van der Waals surface area contributed by atoms with Gasteiger partial charge in [-0.3, -0.25) is 0 Å². The highest BCUT2D eigenvalue weighted by Gasteiger charge is 2.22. The molecule has 0 aliphatic heterocycles. The molecule has 0 aliphatic carbocycles. The molecule has 0 aliphatic rings. The Bertz CT molecular complexity index is 819. The van der Waals surface area contributed by atoms with Gasteiger partial charge in [-0.15, -0.1) is 23.1 Å². The van der Waals surface area contributed by atoms with Crippen LogP contribution in [0.2, 0.25) is 0 Å². The van der Waals surface area contributed by atoms with Crippen molar-refractivity contribution in [2.24, 2.45) is 0 Å². The van der Waals surface area contributed by atoms with Gasteiger partial charge in [-0.25, -0.2) is 0 Å². The third-order valence-electron chi connectivity index (χ3n) is 4.55. The smallest absolute Gasteiger partial charge is 0.0570 e. The van der Waals surface area contributed by atoms with E-state index >= 15 is 0 Å². The van der Waals surface area contributed by atoms with Gasteiger partial charge in [-0.05, 0) is 55.3 Å². The van der Waals surface area contributed by atoms with E-state index in [1.165, 1.54) is 16.0 Å². The predicted molar refractivity (Wildman–Crippen MR) is 134 cm³/mol. The van der Waals surface area contributed by atoms with Crippen molar-refractivity contribution in [3.63, 3.8) is 0 Å². The molecule has 0 saturated carbocycles. The molecule has 0 aromatic heterocycles. The van der Waals surface area contributed by atoms with Gasteiger partial charge >= 0.3 is 0 Å². The molecule has 4 heteroatoms. The highest BCUT2D eigenvalue weighted by atomic mass is 32.9. The van der Waals surface area contributed by atoms with Crippen LogP contribution >= 0.6 is 28.4 Å². The van der Waals surface area contributed by atoms with Crippen LogP contribution in [0.3, 0.4) is 0 Å². The summed E-state index contributed by atoms with van der Waals surface area (Å²) in [6, 6.07) is 32.3. The van der Waals surface area contributed by atoms with Crippen LogP contribution in [0.4, 0.5) is 0 Å². The number of benzene rings is 3. The van der Waals surface area contributed by atoms with Gasteiger partial charge < -0.3 is 0 Å². The average Bonchev–Trinajstić information content (AvgIpc) is 2.73. The zero-order chi connectivity index (χ0) is 19.7. The number of hydrogen-bond acceptors (Lipinski definition) is 3. The lowest BCUT2D eigenvalue weighted by Crippen LogP contribution is -2.02. The minimum Gasteiger partial charge on any atom is -0.112 e. The molecule has 3 aromatic rings. The SMILES string of the molecule is CC(Sc1ccccc1)SP(=S)(CCc1ccccc1)CCc1ccccc1. The molecule has 0 N–H and O–H groups in total. The van der Waals surface area contributed by atoms with E-state index in [1.54, 1.807) is 0 Å². The summed E-state index contributed by atoms with van der Waals surface area (Å²) >= 11 is 10.4. The van der Waals surface area contributed by atoms with Gasteiger partial charge in [-0.2, -0.15) is 0 Å². The Kier molecular flexibility index (Phi) is 8.73. The average molecular weight is 443 g/mol. The van der Waals surface area contributed by atoms with Gasteiger partial charge in [0.05, 0.1) is 4.58 Å². The molecule has 1 atom stereocenters. The van der Waals surface area contributed by atoms with Crippen molar-refractivity contribution in [3.8, 4) is 0 Å². The molecule has 0 amide bonds. The fourth-order valence-electron chi connectivity index (χ4n) is 3.09. The normalized spacial score (nSPS) is 12.6. The van der Waals surface area contributed by atoms with Crippen molar-refractivity contribution in [1.29, 1.82) is 0 Å². The standard InChI is InChI=1S/C24H27PS3/c1-21(27-24-15-9-4-10-16-24)28-25(26,19-17-22-11-5-2-6-12-22)20-18-23-13-7-3-8-14-23/h2-16,21H,17-20H2,1H3. The summed E-state index contributed by atoms with van der Waals surface area (Å²) < 4.78 is 0.472. The van der Waals surface area contributed by atoms with Crippen molar-refractivity contribution < 1.29 is 0 Å². The first-order valence-corrected chi connectivity index (χ1v) is 15.2. The molecule has 146 valence electrons. The molecule has 0 heterocycles. The fraction of sp³-hybridized carbons (Fsp3) is 0.250. The molecule has 0 bridgehead atoms. The van der Waals surface area contributed by atoms with E-state index in [0.29, 0.717) is 4.58 Å². The van der Waals surface area contributed by atoms with Crippen LogP contribution in [0.1, 0.15) is 18.1 Å². The molecule has 3 aromatic carbocycles. The molecular weight excluding hydrogens is 415 g/mol. The van der Waals surface area contributed by atoms with Crippen LogP contribution in [0.15, 0.2) is 95.9 Å². The third kappa shape index (κ3) is 7.44. The van der Waals surface area contributed by atoms with E-state index < -0.39 is 5.24 Å². The summed E-state index contributed by atoms with van der Waals surface area (Å²) in [6.07, 6.45) is 4.43. The zero-order valence-electron chi connectivity index (χ0n) is 16.2. The highest BCUT2D eigenvalue weighted by molar-refractivity contribution is 8.72. The second-order valence-electron chi connectivity index (χ2n) is 6.84. The molecule has 0 fully saturated rings. The Morgan fingerprint density at radius 2 is 1.14 bits per heavy atom. The second-order valence-corrected chi connectivity index (χ2v) is 17.5. The van der Waals surface area contributed by atoms with Crippen molar-refractivity contribution in [2.45, 2.75) is 29.2 Å². The Balaban J connectivity index is 1.66. The lowest BCUT2D eigenvalue weighted by Gasteiger charge is -2.25. The van der Waals surface area contributed by atoms with Gasteiger partial charge in [0.15, 0.2) is 0 Å². The summed E-state index contributed by atoms with van der Waals surface area (Å²) in [5.41, 5.74) is 2.81. The molecule has 0 nitrogen and oxygen atoms in total. The summed E-state index contributed by atoms with van der Waals surface area (Å²) in [7, 11) is 0. The van der Waals surface area contributed by atoms with Crippen LogP contribution in [0.25, 0.3) is 0 Å². The van der Waals surface area contributed by atoms with Gasteiger partial charge in [0.2, 0.25) is 0 Å². The summed E-state index contributed by atoms with van der Waals surface area (Å²) in [4.78, 5) is 1.33. The van der Waals surface area contributed by atoms with Crippen LogP contribution in [0, 0.1) is 0 Å². The lowest BCUT2D eigenvalue weighted by atomic mass is 10.2. The van der Waals surface area contributed by atoms with E-state index in [1.807, 2.05) is 11.8 Å². The zero-order valence-corrected chi connectivity index (χ0v) is 19.6. The van der Waals surface area contributed by atoms with Crippen molar-refractivity contribution in [2.75, 3.05) is 12.3 Å².